The molecule has 0 aliphatic heterocycles. The molecular weight excluding hydrogens is 430 g/mol. The topological polar surface area (TPSA) is 0 Å². The van der Waals surface area contributed by atoms with Crippen molar-refractivity contribution < 1.29 is 48.1 Å². The van der Waals surface area contributed by atoms with Gasteiger partial charge in [0.1, 0.15) is 0 Å². The first-order chi connectivity index (χ1) is 10.3. The minimum absolute atomic E-state index is 0. The normalized spacial score (nSPS) is 15.2. The van der Waals surface area contributed by atoms with Gasteiger partial charge in [0.05, 0.1) is 0 Å². The molecule has 130 valence electrons. The first-order valence-corrected chi connectivity index (χ1v) is 13.9. The van der Waals surface area contributed by atoms with Crippen LogP contribution >= 0.6 is 0 Å². The third kappa shape index (κ3) is 8.90. The Morgan fingerprint density at radius 3 is 1.96 bits per heavy atom. The number of allylic oxidation sites excluding steroid dienone is 4. The van der Waals surface area contributed by atoms with Gasteiger partial charge in [0, 0.05) is 0 Å². The van der Waals surface area contributed by atoms with Crippen LogP contribution < -0.4 is 24.8 Å². The standard InChI is InChI=1S/C9H7.C9H13.C2H6Si.2ClH.Zr/c1-2-5-9-7-3-6-8(9)4-1;1-6-5-7(2)9(4)8(6)3;1-3-2;;;/h1-7H;6H,1-4H3;1-2H3;2*1H;/q2*-1;;;;+2/p-2. The van der Waals surface area contributed by atoms with Gasteiger partial charge in [-0.3, -0.25) is 6.08 Å². The van der Waals surface area contributed by atoms with Crippen LogP contribution in [0.3, 0.4) is 0 Å². The summed E-state index contributed by atoms with van der Waals surface area (Å²) in [6.45, 7) is 13.3. The molecule has 1 atom stereocenters. The summed E-state index contributed by atoms with van der Waals surface area (Å²) in [6.07, 6.45) is 3.36. The second-order valence-corrected chi connectivity index (χ2v) is 15.3. The molecule has 1 aliphatic rings. The fraction of sp³-hybridized carbons (Fsp3) is 0.350. The average Bonchev–Trinajstić information content (AvgIpc) is 3.01. The largest absolute Gasteiger partial charge is 1.00 e. The molecular formula is C20H26Cl2SiZr-2. The molecule has 1 unspecified atom stereocenters. The van der Waals surface area contributed by atoms with Crippen molar-refractivity contribution in [1.29, 1.82) is 0 Å². The SMILES string of the molecule is CC1=[C-]C(C)C(C)=C1C.C[Si](C)=[Zr+2].[Cl-].[Cl-].c1ccc2[cH-]ccc2c1. The van der Waals surface area contributed by atoms with Crippen LogP contribution in [0.5, 0.6) is 0 Å². The van der Waals surface area contributed by atoms with Gasteiger partial charge in [-0.2, -0.15) is 28.7 Å². The second kappa shape index (κ2) is 13.2. The summed E-state index contributed by atoms with van der Waals surface area (Å²) in [4.78, 5) is 0. The van der Waals surface area contributed by atoms with Gasteiger partial charge in [-0.1, -0.05) is 32.8 Å². The van der Waals surface area contributed by atoms with Crippen molar-refractivity contribution in [2.24, 2.45) is 5.92 Å². The van der Waals surface area contributed by atoms with Gasteiger partial charge < -0.3 is 24.8 Å². The fourth-order valence-electron chi connectivity index (χ4n) is 2.23. The van der Waals surface area contributed by atoms with Crippen LogP contribution in [0.1, 0.15) is 27.7 Å². The molecule has 0 saturated carbocycles. The van der Waals surface area contributed by atoms with Crippen LogP contribution in [0.2, 0.25) is 13.1 Å². The fourth-order valence-corrected chi connectivity index (χ4v) is 2.23. The molecule has 0 heterocycles. The summed E-state index contributed by atoms with van der Waals surface area (Å²) in [5.41, 5.74) is 4.46. The zero-order chi connectivity index (χ0) is 16.7. The maximum atomic E-state index is 3.36. The molecule has 0 nitrogen and oxygen atoms in total. The van der Waals surface area contributed by atoms with Crippen LogP contribution in [0, 0.1) is 12.0 Å². The first kappa shape index (κ1) is 26.2. The Morgan fingerprint density at radius 2 is 1.58 bits per heavy atom. The van der Waals surface area contributed by atoms with Crippen molar-refractivity contribution in [2.45, 2.75) is 40.8 Å². The summed E-state index contributed by atoms with van der Waals surface area (Å²) in [5.74, 6) is 0.560. The van der Waals surface area contributed by atoms with Gasteiger partial charge in [0.25, 0.3) is 0 Å². The van der Waals surface area contributed by atoms with Gasteiger partial charge in [-0.15, -0.1) is 36.6 Å². The molecule has 0 bridgehead atoms. The molecule has 0 N–H and O–H groups in total. The Balaban J connectivity index is 0. The minimum atomic E-state index is 0. The molecule has 0 fully saturated rings. The molecule has 3 rings (SSSR count). The summed E-state index contributed by atoms with van der Waals surface area (Å²) < 4.78 is 0. The first-order valence-electron chi connectivity index (χ1n) is 7.73. The van der Waals surface area contributed by atoms with E-state index in [2.05, 4.69) is 89.3 Å². The van der Waals surface area contributed by atoms with E-state index in [0.717, 1.165) is 0 Å². The van der Waals surface area contributed by atoms with E-state index in [0.29, 0.717) is 5.92 Å². The maximum absolute atomic E-state index is 3.36. The van der Waals surface area contributed by atoms with Gasteiger partial charge in [0.2, 0.25) is 0 Å². The van der Waals surface area contributed by atoms with E-state index in [4.69, 9.17) is 0 Å². The number of hydrogen-bond donors (Lipinski definition) is 0. The number of fused-ring (bicyclic) bond motifs is 1. The zero-order valence-corrected chi connectivity index (χ0v) is 20.3. The van der Waals surface area contributed by atoms with Gasteiger partial charge in [0.15, 0.2) is 0 Å². The van der Waals surface area contributed by atoms with Crippen molar-refractivity contribution in [1.82, 2.24) is 0 Å². The van der Waals surface area contributed by atoms with E-state index in [-0.39, 0.29) is 30.2 Å². The Labute approximate surface area is 175 Å². The van der Waals surface area contributed by atoms with Crippen molar-refractivity contribution in [3.63, 3.8) is 0 Å². The summed E-state index contributed by atoms with van der Waals surface area (Å²) in [5, 5.41) is 2.66. The van der Waals surface area contributed by atoms with E-state index >= 15 is 0 Å². The zero-order valence-electron chi connectivity index (χ0n) is 15.4. The number of benzene rings is 1. The van der Waals surface area contributed by atoms with Crippen molar-refractivity contribution in [3.05, 3.63) is 65.3 Å². The Bertz CT molecular complexity index is 664. The second-order valence-electron chi connectivity index (χ2n) is 5.95. The van der Waals surface area contributed by atoms with Crippen molar-refractivity contribution in [3.8, 4) is 0 Å². The third-order valence-electron chi connectivity index (χ3n) is 3.78. The molecule has 0 radical (unpaired) electrons. The molecule has 24 heavy (non-hydrogen) atoms. The van der Waals surface area contributed by atoms with Crippen molar-refractivity contribution >= 4 is 16.2 Å². The Kier molecular flexibility index (Phi) is 14.5. The van der Waals surface area contributed by atoms with Gasteiger partial charge >= 0.3 is 41.9 Å². The van der Waals surface area contributed by atoms with E-state index in [1.807, 2.05) is 0 Å². The molecule has 2 aromatic carbocycles. The molecule has 0 aromatic heterocycles. The summed E-state index contributed by atoms with van der Waals surface area (Å²) >= 11 is 1.74. The number of halogens is 2. The van der Waals surface area contributed by atoms with Crippen LogP contribution in [0.25, 0.3) is 10.8 Å². The number of rotatable bonds is 0. The molecule has 0 amide bonds. The van der Waals surface area contributed by atoms with E-state index < -0.39 is 0 Å². The predicted molar refractivity (Wildman–Crippen MR) is 97.0 cm³/mol. The smallest absolute Gasteiger partial charge is 0.0809 e. The average molecular weight is 457 g/mol. The monoisotopic (exact) mass is 454 g/mol. The molecule has 4 heteroatoms. The van der Waals surface area contributed by atoms with Gasteiger partial charge in [-0.25, -0.2) is 5.57 Å². The van der Waals surface area contributed by atoms with E-state index in [1.165, 1.54) is 27.5 Å². The predicted octanol–water partition coefficient (Wildman–Crippen LogP) is 0.0730. The van der Waals surface area contributed by atoms with Crippen LogP contribution in [0.4, 0.5) is 0 Å². The molecule has 0 saturated heterocycles. The van der Waals surface area contributed by atoms with Crippen molar-refractivity contribution in [2.75, 3.05) is 0 Å². The Morgan fingerprint density at radius 1 is 1.04 bits per heavy atom. The molecule has 2 aromatic rings. The maximum Gasteiger partial charge on any atom is -0.0809 e. The van der Waals surface area contributed by atoms with Gasteiger partial charge in [-0.05, 0) is 0 Å². The number of hydrogen-bond acceptors (Lipinski definition) is 0. The van der Waals surface area contributed by atoms with Crippen LogP contribution in [0.15, 0.2) is 59.2 Å². The molecule has 1 aliphatic carbocycles. The third-order valence-corrected chi connectivity index (χ3v) is 3.78. The summed E-state index contributed by atoms with van der Waals surface area (Å²) in [7, 11) is 0. The van der Waals surface area contributed by atoms with E-state index in [1.54, 1.807) is 23.3 Å². The van der Waals surface area contributed by atoms with E-state index in [9.17, 15) is 0 Å². The molecule has 0 spiro atoms. The minimum Gasteiger partial charge on any atom is -1.00 e. The quantitative estimate of drug-likeness (QED) is 0.389. The van der Waals surface area contributed by atoms with Crippen LogP contribution in [-0.2, 0) is 23.3 Å². The summed E-state index contributed by atoms with van der Waals surface area (Å²) in [6, 6.07) is 14.7. The van der Waals surface area contributed by atoms with Crippen LogP contribution in [-0.4, -0.2) is 5.43 Å². The Hall–Kier alpha value is -0.0100.